The Kier molecular flexibility index (Phi) is 8.02. The Balaban J connectivity index is 1.52. The van der Waals surface area contributed by atoms with Gasteiger partial charge in [-0.25, -0.2) is 9.37 Å². The number of benzene rings is 1. The number of nitrogens with one attached hydrogen (secondary N) is 3. The largest absolute Gasteiger partial charge is 0.381 e. The van der Waals surface area contributed by atoms with Crippen LogP contribution >= 0.6 is 15.9 Å². The van der Waals surface area contributed by atoms with Crippen molar-refractivity contribution in [3.05, 3.63) is 80.3 Å². The number of nitrogens with zero attached hydrogens (tertiary/aromatic N) is 4. The second kappa shape index (κ2) is 11.4. The van der Waals surface area contributed by atoms with Crippen LogP contribution in [0.3, 0.4) is 0 Å². The molecule has 0 radical (unpaired) electrons. The zero-order valence-corrected chi connectivity index (χ0v) is 20.7. The molecular weight excluding hydrogens is 517 g/mol. The smallest absolute Gasteiger partial charge is 0.268 e. The van der Waals surface area contributed by atoms with E-state index in [1.54, 1.807) is 18.3 Å². The number of aromatic nitrogens is 2. The van der Waals surface area contributed by atoms with E-state index in [2.05, 4.69) is 46.6 Å². The van der Waals surface area contributed by atoms with Crippen LogP contribution in [-0.2, 0) is 4.74 Å². The van der Waals surface area contributed by atoms with Gasteiger partial charge in [0, 0.05) is 46.6 Å². The Labute approximate surface area is 210 Å². The van der Waals surface area contributed by atoms with Crippen molar-refractivity contribution < 1.29 is 13.9 Å². The highest BCUT2D eigenvalue weighted by Gasteiger charge is 2.19. The van der Waals surface area contributed by atoms with E-state index in [9.17, 15) is 9.18 Å². The molecular formula is C24H25BrFN7O2. The number of aromatic amines is 1. The van der Waals surface area contributed by atoms with Gasteiger partial charge >= 0.3 is 0 Å². The molecule has 1 aliphatic heterocycles. The number of carbonyl (C=O) groups is 1. The van der Waals surface area contributed by atoms with Crippen LogP contribution in [0.15, 0.2) is 52.3 Å². The molecule has 3 aromatic rings. The Morgan fingerprint density at radius 3 is 2.89 bits per heavy atom. The minimum atomic E-state index is -0.699. The fourth-order valence-corrected chi connectivity index (χ4v) is 4.49. The standard InChI is InChI=1S/C24H25BrFN7O2/c1-14-11-29-23(31-19-2-4-35-5-3-19)10-20(14)16-8-21(28-12-16)24(34)32-22(13-30-33-27)15-6-17(25)9-18(26)7-15/h6-12,19,22,28H,2-5,13H2,1H3,(H,29,31)(H,32,34)/t22-/m1/s1. The molecule has 1 saturated heterocycles. The number of ether oxygens (including phenoxy) is 1. The number of H-pyrrole nitrogens is 1. The lowest BCUT2D eigenvalue weighted by atomic mass is 10.0. The van der Waals surface area contributed by atoms with Crippen LogP contribution in [0, 0.1) is 12.7 Å². The molecule has 11 heteroatoms. The normalized spacial score (nSPS) is 14.7. The molecule has 1 fully saturated rings. The van der Waals surface area contributed by atoms with E-state index in [0.717, 1.165) is 48.6 Å². The van der Waals surface area contributed by atoms with Crippen LogP contribution in [0.2, 0.25) is 0 Å². The molecule has 0 saturated carbocycles. The highest BCUT2D eigenvalue weighted by Crippen LogP contribution is 2.27. The topological polar surface area (TPSA) is 128 Å². The van der Waals surface area contributed by atoms with Crippen molar-refractivity contribution >= 4 is 27.7 Å². The Bertz CT molecular complexity index is 1230. The molecule has 0 spiro atoms. The number of hydrogen-bond acceptors (Lipinski definition) is 5. The van der Waals surface area contributed by atoms with Gasteiger partial charge in [-0.1, -0.05) is 21.0 Å². The summed E-state index contributed by atoms with van der Waals surface area (Å²) in [7, 11) is 0. The fraction of sp³-hybridized carbons (Fsp3) is 0.333. The molecule has 2 aromatic heterocycles. The number of aryl methyl sites for hydroxylation is 1. The minimum absolute atomic E-state index is 0.0591. The summed E-state index contributed by atoms with van der Waals surface area (Å²) in [5, 5.41) is 9.86. The fourth-order valence-electron chi connectivity index (χ4n) is 4.01. The highest BCUT2D eigenvalue weighted by atomic mass is 79.9. The van der Waals surface area contributed by atoms with Gasteiger partial charge in [-0.15, -0.1) is 0 Å². The monoisotopic (exact) mass is 541 g/mol. The summed E-state index contributed by atoms with van der Waals surface area (Å²) >= 11 is 3.25. The maximum atomic E-state index is 13.9. The molecule has 4 rings (SSSR count). The predicted molar refractivity (Wildman–Crippen MR) is 135 cm³/mol. The molecule has 0 bridgehead atoms. The third-order valence-electron chi connectivity index (χ3n) is 5.84. The molecule has 0 unspecified atom stereocenters. The van der Waals surface area contributed by atoms with Crippen LogP contribution in [0.25, 0.3) is 21.6 Å². The quantitative estimate of drug-likeness (QED) is 0.193. The lowest BCUT2D eigenvalue weighted by Crippen LogP contribution is -2.30. The average molecular weight is 542 g/mol. The van der Waals surface area contributed by atoms with Gasteiger partial charge in [-0.05, 0) is 72.3 Å². The number of azide groups is 1. The van der Waals surface area contributed by atoms with E-state index >= 15 is 0 Å². The summed E-state index contributed by atoms with van der Waals surface area (Å²) in [6.45, 7) is 3.38. The van der Waals surface area contributed by atoms with Gasteiger partial charge in [0.15, 0.2) is 0 Å². The van der Waals surface area contributed by atoms with Gasteiger partial charge in [-0.3, -0.25) is 4.79 Å². The first-order valence-corrected chi connectivity index (χ1v) is 12.0. The van der Waals surface area contributed by atoms with Gasteiger partial charge in [0.2, 0.25) is 0 Å². The average Bonchev–Trinajstić information content (AvgIpc) is 3.33. The van der Waals surface area contributed by atoms with Gasteiger partial charge in [0.05, 0.1) is 12.6 Å². The summed E-state index contributed by atoms with van der Waals surface area (Å²) in [6, 6.07) is 7.64. The van der Waals surface area contributed by atoms with Crippen molar-refractivity contribution in [1.29, 1.82) is 0 Å². The summed E-state index contributed by atoms with van der Waals surface area (Å²) in [4.78, 5) is 23.3. The van der Waals surface area contributed by atoms with E-state index in [1.807, 2.05) is 19.2 Å². The van der Waals surface area contributed by atoms with Crippen molar-refractivity contribution in [2.75, 3.05) is 25.1 Å². The molecule has 1 atom stereocenters. The number of rotatable bonds is 8. The van der Waals surface area contributed by atoms with Crippen molar-refractivity contribution in [2.24, 2.45) is 5.11 Å². The third kappa shape index (κ3) is 6.39. The van der Waals surface area contributed by atoms with Crippen molar-refractivity contribution in [3.8, 4) is 11.1 Å². The Morgan fingerprint density at radius 1 is 1.34 bits per heavy atom. The zero-order chi connectivity index (χ0) is 24.8. The molecule has 1 amide bonds. The van der Waals surface area contributed by atoms with Gasteiger partial charge in [-0.2, -0.15) is 0 Å². The SMILES string of the molecule is Cc1cnc(NC2CCOCC2)cc1-c1c[nH]c(C(=O)N[C@H](CN=[N+]=[N-])c2cc(F)cc(Br)c2)c1. The first-order chi connectivity index (χ1) is 16.9. The Hall–Kier alpha value is -3.40. The van der Waals surface area contributed by atoms with Crippen LogP contribution in [-0.4, -0.2) is 41.7 Å². The number of halogens is 2. The van der Waals surface area contributed by atoms with E-state index < -0.39 is 17.8 Å². The molecule has 1 aromatic carbocycles. The lowest BCUT2D eigenvalue weighted by molar-refractivity contribution is 0.0903. The number of anilines is 1. The minimum Gasteiger partial charge on any atom is -0.381 e. The second-order valence-corrected chi connectivity index (χ2v) is 9.28. The molecule has 35 heavy (non-hydrogen) atoms. The summed E-state index contributed by atoms with van der Waals surface area (Å²) in [6.07, 6.45) is 5.43. The first kappa shape index (κ1) is 24.7. The summed E-state index contributed by atoms with van der Waals surface area (Å²) in [5.41, 5.74) is 12.3. The lowest BCUT2D eigenvalue weighted by Gasteiger charge is -2.24. The van der Waals surface area contributed by atoms with Crippen molar-refractivity contribution in [2.45, 2.75) is 31.8 Å². The predicted octanol–water partition coefficient (Wildman–Crippen LogP) is 5.66. The molecule has 0 aliphatic carbocycles. The molecule has 3 N–H and O–H groups in total. The van der Waals surface area contributed by atoms with Crippen LogP contribution in [0.5, 0.6) is 0 Å². The first-order valence-electron chi connectivity index (χ1n) is 11.2. The molecule has 1 aliphatic rings. The second-order valence-electron chi connectivity index (χ2n) is 8.36. The Morgan fingerprint density at radius 2 is 2.14 bits per heavy atom. The molecule has 3 heterocycles. The van der Waals surface area contributed by atoms with Crippen molar-refractivity contribution in [3.63, 3.8) is 0 Å². The number of amides is 1. The van der Waals surface area contributed by atoms with Gasteiger partial charge in [0.1, 0.15) is 17.3 Å². The van der Waals surface area contributed by atoms with Crippen LogP contribution < -0.4 is 10.6 Å². The van der Waals surface area contributed by atoms with E-state index in [0.29, 0.717) is 21.8 Å². The maximum absolute atomic E-state index is 13.9. The number of pyridine rings is 1. The van der Waals surface area contributed by atoms with E-state index in [-0.39, 0.29) is 6.54 Å². The van der Waals surface area contributed by atoms with Crippen molar-refractivity contribution in [1.82, 2.24) is 15.3 Å². The van der Waals surface area contributed by atoms with Gasteiger partial charge < -0.3 is 20.4 Å². The molecule has 182 valence electrons. The number of hydrogen-bond donors (Lipinski definition) is 3. The van der Waals surface area contributed by atoms with Crippen LogP contribution in [0.1, 0.15) is 40.5 Å². The van der Waals surface area contributed by atoms with Gasteiger partial charge in [0.25, 0.3) is 5.91 Å². The summed E-state index contributed by atoms with van der Waals surface area (Å²) < 4.78 is 19.8. The molecule has 9 nitrogen and oxygen atoms in total. The van der Waals surface area contributed by atoms with Crippen LogP contribution in [0.4, 0.5) is 10.2 Å². The maximum Gasteiger partial charge on any atom is 0.268 e. The highest BCUT2D eigenvalue weighted by molar-refractivity contribution is 9.10. The summed E-state index contributed by atoms with van der Waals surface area (Å²) in [5.74, 6) is -0.0899. The van der Waals surface area contributed by atoms with E-state index in [1.165, 1.54) is 12.1 Å². The number of carbonyl (C=O) groups excluding carboxylic acids is 1. The third-order valence-corrected chi connectivity index (χ3v) is 6.29. The van der Waals surface area contributed by atoms with E-state index in [4.69, 9.17) is 10.3 Å². The zero-order valence-electron chi connectivity index (χ0n) is 19.1.